The predicted octanol–water partition coefficient (Wildman–Crippen LogP) is 1.01. The second-order valence-corrected chi connectivity index (χ2v) is 3.00. The average Bonchev–Trinajstić information content (AvgIpc) is 2.25. The van der Waals surface area contributed by atoms with Crippen LogP contribution in [0.5, 0.6) is 0 Å². The van der Waals surface area contributed by atoms with Crippen LogP contribution in [0.1, 0.15) is 23.2 Å². The monoisotopic (exact) mass is 203 g/mol. The maximum Gasteiger partial charge on any atom is 0.252 e. The van der Waals surface area contributed by atoms with Crippen molar-refractivity contribution in [2.75, 3.05) is 11.9 Å². The standard InChI is InChI=1S/C11H13N3O/c1-2-3-4-7-13-11-9(10(12)15)6-5-8-14-11/h1,5-6,8H,3-4,7H2,(H2,12,15)(H,13,14). The molecule has 4 nitrogen and oxygen atoms in total. The average molecular weight is 203 g/mol. The number of terminal acetylenes is 1. The number of rotatable bonds is 5. The van der Waals surface area contributed by atoms with Crippen LogP contribution in [-0.4, -0.2) is 17.4 Å². The number of hydrogen-bond acceptors (Lipinski definition) is 3. The third-order valence-electron chi connectivity index (χ3n) is 1.86. The quantitative estimate of drug-likeness (QED) is 0.554. The lowest BCUT2D eigenvalue weighted by molar-refractivity contribution is 0.100. The van der Waals surface area contributed by atoms with Crippen molar-refractivity contribution in [2.45, 2.75) is 12.8 Å². The van der Waals surface area contributed by atoms with Gasteiger partial charge in [-0.2, -0.15) is 0 Å². The Kier molecular flexibility index (Phi) is 4.17. The fourth-order valence-electron chi connectivity index (χ4n) is 1.14. The van der Waals surface area contributed by atoms with Gasteiger partial charge < -0.3 is 11.1 Å². The number of carbonyl (C=O) groups is 1. The molecular formula is C11H13N3O. The highest BCUT2D eigenvalue weighted by atomic mass is 16.1. The number of nitrogens with one attached hydrogen (secondary N) is 1. The zero-order chi connectivity index (χ0) is 11.1. The minimum Gasteiger partial charge on any atom is -0.369 e. The molecule has 0 atom stereocenters. The Balaban J connectivity index is 2.60. The van der Waals surface area contributed by atoms with E-state index in [9.17, 15) is 4.79 Å². The van der Waals surface area contributed by atoms with Crippen LogP contribution in [0.3, 0.4) is 0 Å². The van der Waals surface area contributed by atoms with Crippen molar-refractivity contribution in [2.24, 2.45) is 5.73 Å². The van der Waals surface area contributed by atoms with Crippen LogP contribution in [-0.2, 0) is 0 Å². The first-order valence-electron chi connectivity index (χ1n) is 4.68. The number of nitrogens with zero attached hydrogens (tertiary/aromatic N) is 1. The Labute approximate surface area is 88.9 Å². The molecule has 0 unspecified atom stereocenters. The summed E-state index contributed by atoms with van der Waals surface area (Å²) in [7, 11) is 0. The number of nitrogens with two attached hydrogens (primary N) is 1. The fraction of sp³-hybridized carbons (Fsp3) is 0.273. The largest absolute Gasteiger partial charge is 0.369 e. The molecular weight excluding hydrogens is 190 g/mol. The molecule has 0 aliphatic carbocycles. The Morgan fingerprint density at radius 1 is 1.67 bits per heavy atom. The lowest BCUT2D eigenvalue weighted by Crippen LogP contribution is -2.15. The van der Waals surface area contributed by atoms with Gasteiger partial charge in [0, 0.05) is 19.2 Å². The highest BCUT2D eigenvalue weighted by Gasteiger charge is 2.06. The van der Waals surface area contributed by atoms with Gasteiger partial charge >= 0.3 is 0 Å². The van der Waals surface area contributed by atoms with Gasteiger partial charge in [0.05, 0.1) is 5.56 Å². The maximum atomic E-state index is 11.0. The number of anilines is 1. The van der Waals surface area contributed by atoms with Gasteiger partial charge in [0.25, 0.3) is 5.91 Å². The number of primary amides is 1. The van der Waals surface area contributed by atoms with Gasteiger partial charge in [-0.1, -0.05) is 0 Å². The first kappa shape index (κ1) is 11.1. The minimum absolute atomic E-state index is 0.401. The predicted molar refractivity (Wildman–Crippen MR) is 59.3 cm³/mol. The summed E-state index contributed by atoms with van der Waals surface area (Å²) in [6.07, 6.45) is 8.26. The van der Waals surface area contributed by atoms with Crippen molar-refractivity contribution in [3.63, 3.8) is 0 Å². The Morgan fingerprint density at radius 2 is 2.47 bits per heavy atom. The summed E-state index contributed by atoms with van der Waals surface area (Å²) in [4.78, 5) is 15.1. The fourth-order valence-corrected chi connectivity index (χ4v) is 1.14. The van der Waals surface area contributed by atoms with E-state index in [2.05, 4.69) is 16.2 Å². The van der Waals surface area contributed by atoms with Gasteiger partial charge in [-0.25, -0.2) is 4.98 Å². The van der Waals surface area contributed by atoms with Gasteiger partial charge in [-0.15, -0.1) is 12.3 Å². The van der Waals surface area contributed by atoms with Gasteiger partial charge in [0.2, 0.25) is 0 Å². The molecule has 0 bridgehead atoms. The summed E-state index contributed by atoms with van der Waals surface area (Å²) in [5.74, 6) is 2.57. The molecule has 15 heavy (non-hydrogen) atoms. The summed E-state index contributed by atoms with van der Waals surface area (Å²) in [6.45, 7) is 0.682. The van der Waals surface area contributed by atoms with Crippen molar-refractivity contribution in [3.8, 4) is 12.3 Å². The zero-order valence-electron chi connectivity index (χ0n) is 8.36. The molecule has 1 heterocycles. The molecule has 0 fully saturated rings. The van der Waals surface area contributed by atoms with Crippen LogP contribution in [0.2, 0.25) is 0 Å². The molecule has 0 aliphatic heterocycles. The molecule has 3 N–H and O–H groups in total. The van der Waals surface area contributed by atoms with Gasteiger partial charge in [-0.05, 0) is 18.6 Å². The van der Waals surface area contributed by atoms with E-state index in [4.69, 9.17) is 12.2 Å². The third-order valence-corrected chi connectivity index (χ3v) is 1.86. The van der Waals surface area contributed by atoms with E-state index in [-0.39, 0.29) is 0 Å². The van der Waals surface area contributed by atoms with Crippen molar-refractivity contribution in [1.29, 1.82) is 0 Å². The summed E-state index contributed by atoms with van der Waals surface area (Å²) in [5.41, 5.74) is 5.59. The highest BCUT2D eigenvalue weighted by molar-refractivity contribution is 5.97. The number of hydrogen-bond donors (Lipinski definition) is 2. The number of unbranched alkanes of at least 4 members (excludes halogenated alkanes) is 1. The van der Waals surface area contributed by atoms with Crippen molar-refractivity contribution < 1.29 is 4.79 Å². The molecule has 0 aromatic carbocycles. The molecule has 0 saturated heterocycles. The molecule has 78 valence electrons. The molecule has 1 aromatic heterocycles. The summed E-state index contributed by atoms with van der Waals surface area (Å²) in [5, 5.41) is 3.02. The maximum absolute atomic E-state index is 11.0. The number of aromatic nitrogens is 1. The molecule has 0 spiro atoms. The van der Waals surface area contributed by atoms with Crippen LogP contribution < -0.4 is 11.1 Å². The van der Waals surface area contributed by atoms with E-state index in [0.717, 1.165) is 6.42 Å². The van der Waals surface area contributed by atoms with E-state index >= 15 is 0 Å². The van der Waals surface area contributed by atoms with Crippen LogP contribution in [0.15, 0.2) is 18.3 Å². The van der Waals surface area contributed by atoms with Gasteiger partial charge in [-0.3, -0.25) is 4.79 Å². The Morgan fingerprint density at radius 3 is 3.13 bits per heavy atom. The molecule has 1 amide bonds. The lowest BCUT2D eigenvalue weighted by atomic mass is 10.2. The van der Waals surface area contributed by atoms with Crippen LogP contribution >= 0.6 is 0 Å². The smallest absolute Gasteiger partial charge is 0.252 e. The molecule has 0 saturated carbocycles. The van der Waals surface area contributed by atoms with E-state index in [1.165, 1.54) is 0 Å². The number of carbonyl (C=O) groups excluding carboxylic acids is 1. The van der Waals surface area contributed by atoms with E-state index in [1.807, 2.05) is 0 Å². The summed E-state index contributed by atoms with van der Waals surface area (Å²) >= 11 is 0. The van der Waals surface area contributed by atoms with Crippen LogP contribution in [0.4, 0.5) is 5.82 Å². The molecule has 1 aromatic rings. The number of pyridine rings is 1. The highest BCUT2D eigenvalue weighted by Crippen LogP contribution is 2.10. The lowest BCUT2D eigenvalue weighted by Gasteiger charge is -2.07. The summed E-state index contributed by atoms with van der Waals surface area (Å²) < 4.78 is 0. The SMILES string of the molecule is C#CCCCNc1ncccc1C(N)=O. The second kappa shape index (κ2) is 5.66. The second-order valence-electron chi connectivity index (χ2n) is 3.00. The van der Waals surface area contributed by atoms with E-state index in [0.29, 0.717) is 24.3 Å². The topological polar surface area (TPSA) is 68.0 Å². The summed E-state index contributed by atoms with van der Waals surface area (Å²) in [6, 6.07) is 3.31. The van der Waals surface area contributed by atoms with Gasteiger partial charge in [0.15, 0.2) is 0 Å². The first-order chi connectivity index (χ1) is 7.25. The van der Waals surface area contributed by atoms with Gasteiger partial charge in [0.1, 0.15) is 5.82 Å². The Bertz CT molecular complexity index is 382. The third kappa shape index (κ3) is 3.31. The van der Waals surface area contributed by atoms with Crippen molar-refractivity contribution >= 4 is 11.7 Å². The molecule has 0 radical (unpaired) electrons. The van der Waals surface area contributed by atoms with E-state index in [1.54, 1.807) is 18.3 Å². The Hall–Kier alpha value is -2.02. The number of amides is 1. The van der Waals surface area contributed by atoms with Crippen molar-refractivity contribution in [3.05, 3.63) is 23.9 Å². The molecule has 1 rings (SSSR count). The van der Waals surface area contributed by atoms with E-state index < -0.39 is 5.91 Å². The zero-order valence-corrected chi connectivity index (χ0v) is 8.36. The molecule has 4 heteroatoms. The first-order valence-corrected chi connectivity index (χ1v) is 4.68. The minimum atomic E-state index is -0.484. The molecule has 0 aliphatic rings. The van der Waals surface area contributed by atoms with Crippen LogP contribution in [0.25, 0.3) is 0 Å². The normalized spacial score (nSPS) is 9.27. The van der Waals surface area contributed by atoms with Crippen LogP contribution in [0, 0.1) is 12.3 Å². The van der Waals surface area contributed by atoms with Crippen molar-refractivity contribution in [1.82, 2.24) is 4.98 Å².